The van der Waals surface area contributed by atoms with Gasteiger partial charge in [0.15, 0.2) is 0 Å². The average molecular weight is 379 g/mol. The molecule has 3 rings (SSSR count). The number of aliphatic hydroxyl groups excluding tert-OH is 2. The van der Waals surface area contributed by atoms with Crippen LogP contribution in [0.3, 0.4) is 0 Å². The number of aliphatic hydroxyl groups is 2. The van der Waals surface area contributed by atoms with E-state index in [0.717, 1.165) is 32.1 Å². The minimum Gasteiger partial charge on any atom is -0.396 e. The third-order valence-corrected chi connectivity index (χ3v) is 8.59. The Morgan fingerprint density at radius 2 is 1.93 bits per heavy atom. The zero-order valence-electron chi connectivity index (χ0n) is 17.5. The Kier molecular flexibility index (Phi) is 5.90. The van der Waals surface area contributed by atoms with Gasteiger partial charge in [0, 0.05) is 31.3 Å². The van der Waals surface area contributed by atoms with E-state index < -0.39 is 0 Å². The normalized spacial score (nSPS) is 43.7. The highest BCUT2D eigenvalue weighted by Gasteiger charge is 2.61. The molecule has 3 aliphatic carbocycles. The number of ketones is 2. The lowest BCUT2D eigenvalue weighted by atomic mass is 9.48. The number of carbonyl (C=O) groups excluding carboxylic acids is 2. The van der Waals surface area contributed by atoms with Crippen molar-refractivity contribution < 1.29 is 19.8 Å². The summed E-state index contributed by atoms with van der Waals surface area (Å²) in [7, 11) is 0. The Morgan fingerprint density at radius 1 is 1.22 bits per heavy atom. The molecule has 3 aliphatic rings. The maximum atomic E-state index is 13.0. The molecule has 0 aromatic carbocycles. The van der Waals surface area contributed by atoms with Gasteiger partial charge in [0.1, 0.15) is 11.6 Å². The highest BCUT2D eigenvalue weighted by molar-refractivity contribution is 5.92. The van der Waals surface area contributed by atoms with Crippen LogP contribution in [0, 0.1) is 40.4 Å². The summed E-state index contributed by atoms with van der Waals surface area (Å²) >= 11 is 0. The molecule has 0 bridgehead atoms. The van der Waals surface area contributed by atoms with Gasteiger partial charge in [0.25, 0.3) is 0 Å². The molecule has 0 unspecified atom stereocenters. The van der Waals surface area contributed by atoms with Gasteiger partial charge in [-0.25, -0.2) is 0 Å². The van der Waals surface area contributed by atoms with Gasteiger partial charge in [0.05, 0.1) is 6.10 Å². The molecule has 0 saturated heterocycles. The molecule has 0 amide bonds. The van der Waals surface area contributed by atoms with E-state index in [-0.39, 0.29) is 52.9 Å². The van der Waals surface area contributed by atoms with E-state index in [2.05, 4.69) is 13.8 Å². The maximum absolute atomic E-state index is 13.0. The van der Waals surface area contributed by atoms with Crippen molar-refractivity contribution in [2.75, 3.05) is 6.61 Å². The van der Waals surface area contributed by atoms with Crippen molar-refractivity contribution in [3.63, 3.8) is 0 Å². The van der Waals surface area contributed by atoms with Gasteiger partial charge in [-0.1, -0.05) is 27.7 Å². The summed E-state index contributed by atoms with van der Waals surface area (Å²) in [4.78, 5) is 25.9. The lowest BCUT2D eigenvalue weighted by Crippen LogP contribution is -2.50. The monoisotopic (exact) mass is 378 g/mol. The van der Waals surface area contributed by atoms with Crippen LogP contribution in [-0.4, -0.2) is 34.5 Å². The zero-order valence-corrected chi connectivity index (χ0v) is 17.5. The number of fused-ring (bicyclic) bond motifs is 2. The number of Topliss-reactive ketones (excluding diaryl/α,β-unsaturated/α-hetero) is 2. The quantitative estimate of drug-likeness (QED) is 0.738. The Hall–Kier alpha value is -0.740. The molecule has 27 heavy (non-hydrogen) atoms. The smallest absolute Gasteiger partial charge is 0.137 e. The van der Waals surface area contributed by atoms with E-state index >= 15 is 0 Å². The lowest BCUT2D eigenvalue weighted by Gasteiger charge is -2.56. The van der Waals surface area contributed by atoms with Gasteiger partial charge in [0.2, 0.25) is 0 Å². The Morgan fingerprint density at radius 3 is 2.59 bits per heavy atom. The standard InChI is InChI=1S/C23H38O4/c1-14(12-24)5-6-19(26)15(2)21-20(27)11-17-9-16-10-18(25)7-8-22(16,3)13-23(17,21)4/h14-18,21,24-25H,5-13H2,1-4H3/t14-,15-,16-,17+,18-,21+,22-,23-/m0/s1. The van der Waals surface area contributed by atoms with Gasteiger partial charge in [-0.3, -0.25) is 9.59 Å². The zero-order chi connectivity index (χ0) is 20.0. The number of rotatable bonds is 6. The molecule has 0 aliphatic heterocycles. The fourth-order valence-corrected chi connectivity index (χ4v) is 6.83. The first-order valence-corrected chi connectivity index (χ1v) is 10.9. The molecular weight excluding hydrogens is 340 g/mol. The summed E-state index contributed by atoms with van der Waals surface area (Å²) in [6.45, 7) is 8.63. The molecule has 0 heterocycles. The summed E-state index contributed by atoms with van der Waals surface area (Å²) in [5, 5.41) is 19.3. The van der Waals surface area contributed by atoms with Gasteiger partial charge >= 0.3 is 0 Å². The molecule has 3 fully saturated rings. The minimum atomic E-state index is -0.229. The predicted molar refractivity (Wildman–Crippen MR) is 105 cm³/mol. The van der Waals surface area contributed by atoms with Crippen LogP contribution in [0.2, 0.25) is 0 Å². The Balaban J connectivity index is 1.77. The summed E-state index contributed by atoms with van der Waals surface area (Å²) in [5.74, 6) is 1.05. The molecule has 8 atom stereocenters. The first-order valence-electron chi connectivity index (χ1n) is 10.9. The molecule has 4 nitrogen and oxygen atoms in total. The first kappa shape index (κ1) is 21.0. The van der Waals surface area contributed by atoms with E-state index in [1.54, 1.807) is 0 Å². The van der Waals surface area contributed by atoms with Crippen LogP contribution >= 0.6 is 0 Å². The number of hydrogen-bond donors (Lipinski definition) is 2. The first-order chi connectivity index (χ1) is 12.6. The van der Waals surface area contributed by atoms with Gasteiger partial charge in [-0.2, -0.15) is 0 Å². The molecule has 4 heteroatoms. The van der Waals surface area contributed by atoms with Crippen LogP contribution in [-0.2, 0) is 9.59 Å². The topological polar surface area (TPSA) is 74.6 Å². The highest BCUT2D eigenvalue weighted by atomic mass is 16.3. The summed E-state index contributed by atoms with van der Waals surface area (Å²) in [6, 6.07) is 0. The van der Waals surface area contributed by atoms with E-state index in [4.69, 9.17) is 0 Å². The molecule has 0 aromatic heterocycles. The van der Waals surface area contributed by atoms with Crippen LogP contribution in [0.4, 0.5) is 0 Å². The summed E-state index contributed by atoms with van der Waals surface area (Å²) in [6.07, 6.45) is 6.35. The second-order valence-corrected chi connectivity index (χ2v) is 10.6. The minimum absolute atomic E-state index is 0.0949. The summed E-state index contributed by atoms with van der Waals surface area (Å²) < 4.78 is 0. The van der Waals surface area contributed by atoms with Crippen LogP contribution in [0.25, 0.3) is 0 Å². The Bertz CT molecular complexity index is 587. The second-order valence-electron chi connectivity index (χ2n) is 10.6. The molecule has 2 N–H and O–H groups in total. The molecule has 0 aromatic rings. The van der Waals surface area contributed by atoms with Crippen molar-refractivity contribution >= 4 is 11.6 Å². The molecule has 0 spiro atoms. The molecule has 3 saturated carbocycles. The van der Waals surface area contributed by atoms with Crippen LogP contribution < -0.4 is 0 Å². The highest BCUT2D eigenvalue weighted by Crippen LogP contribution is 2.65. The van der Waals surface area contributed by atoms with Crippen LogP contribution in [0.5, 0.6) is 0 Å². The third-order valence-electron chi connectivity index (χ3n) is 8.59. The largest absolute Gasteiger partial charge is 0.396 e. The lowest BCUT2D eigenvalue weighted by molar-refractivity contribution is -0.137. The summed E-state index contributed by atoms with van der Waals surface area (Å²) in [5.41, 5.74) is 0.0871. The van der Waals surface area contributed by atoms with Gasteiger partial charge in [-0.05, 0) is 67.1 Å². The maximum Gasteiger partial charge on any atom is 0.137 e. The molecule has 0 radical (unpaired) electrons. The van der Waals surface area contributed by atoms with Crippen molar-refractivity contribution in [3.05, 3.63) is 0 Å². The fraction of sp³-hybridized carbons (Fsp3) is 0.913. The molecular formula is C23H38O4. The van der Waals surface area contributed by atoms with E-state index in [1.807, 2.05) is 13.8 Å². The van der Waals surface area contributed by atoms with Crippen LogP contribution in [0.1, 0.15) is 79.1 Å². The fourth-order valence-electron chi connectivity index (χ4n) is 6.83. The van der Waals surface area contributed by atoms with Crippen molar-refractivity contribution in [3.8, 4) is 0 Å². The van der Waals surface area contributed by atoms with Crippen LogP contribution in [0.15, 0.2) is 0 Å². The number of carbonyl (C=O) groups is 2. The van der Waals surface area contributed by atoms with Gasteiger partial charge < -0.3 is 10.2 Å². The Labute approximate surface area is 164 Å². The van der Waals surface area contributed by atoms with Crippen molar-refractivity contribution in [1.82, 2.24) is 0 Å². The van der Waals surface area contributed by atoms with E-state index in [9.17, 15) is 19.8 Å². The van der Waals surface area contributed by atoms with Crippen molar-refractivity contribution in [1.29, 1.82) is 0 Å². The number of hydrogen-bond acceptors (Lipinski definition) is 4. The SMILES string of the molecule is C[C@H](CO)CCC(=O)[C@H](C)[C@@H]1C(=O)C[C@H]2C[C@H]3C[C@@H](O)CC[C@@]3(C)C[C@@]21C. The molecule has 154 valence electrons. The van der Waals surface area contributed by atoms with Crippen molar-refractivity contribution in [2.24, 2.45) is 40.4 Å². The second kappa shape index (κ2) is 7.59. The predicted octanol–water partition coefficient (Wildman–Crippen LogP) is 3.77. The third kappa shape index (κ3) is 3.76. The van der Waals surface area contributed by atoms with E-state index in [1.165, 1.54) is 0 Å². The van der Waals surface area contributed by atoms with E-state index in [0.29, 0.717) is 31.1 Å². The average Bonchev–Trinajstić information content (AvgIpc) is 2.85. The van der Waals surface area contributed by atoms with Gasteiger partial charge in [-0.15, -0.1) is 0 Å². The van der Waals surface area contributed by atoms with Crippen molar-refractivity contribution in [2.45, 2.75) is 85.2 Å².